The highest BCUT2D eigenvalue weighted by Gasteiger charge is 2.12. The fourth-order valence-electron chi connectivity index (χ4n) is 1.62. The number of nitrogens with zero attached hydrogens (tertiary/aromatic N) is 1. The van der Waals surface area contributed by atoms with E-state index in [0.717, 1.165) is 18.4 Å². The second kappa shape index (κ2) is 6.41. The molecule has 3 nitrogen and oxygen atoms in total. The van der Waals surface area contributed by atoms with E-state index in [0.29, 0.717) is 17.7 Å². The van der Waals surface area contributed by atoms with E-state index in [-0.39, 0.29) is 5.75 Å². The summed E-state index contributed by atoms with van der Waals surface area (Å²) in [5.41, 5.74) is 1.08. The lowest BCUT2D eigenvalue weighted by Gasteiger charge is -2.04. The minimum Gasteiger partial charge on any atom is -0.224 e. The van der Waals surface area contributed by atoms with Crippen LogP contribution in [0, 0.1) is 11.3 Å². The number of nitriles is 1. The molecule has 0 N–H and O–H groups in total. The molecule has 0 unspecified atom stereocenters. The molecule has 17 heavy (non-hydrogen) atoms. The summed E-state index contributed by atoms with van der Waals surface area (Å²) in [6, 6.07) is 9.08. The topological polar surface area (TPSA) is 57.9 Å². The number of hydrogen-bond acceptors (Lipinski definition) is 3. The average molecular weight is 251 g/mol. The molecule has 0 amide bonds. The van der Waals surface area contributed by atoms with Gasteiger partial charge in [0.05, 0.1) is 16.7 Å². The van der Waals surface area contributed by atoms with Gasteiger partial charge in [-0.05, 0) is 37.0 Å². The number of hydrogen-bond donors (Lipinski definition) is 0. The van der Waals surface area contributed by atoms with Gasteiger partial charge in [0.2, 0.25) is 0 Å². The Morgan fingerprint density at radius 1 is 1.24 bits per heavy atom. The highest BCUT2D eigenvalue weighted by Crippen LogP contribution is 2.14. The van der Waals surface area contributed by atoms with E-state index in [9.17, 15) is 8.42 Å². The third kappa shape index (κ3) is 4.20. The van der Waals surface area contributed by atoms with E-state index in [4.69, 9.17) is 5.26 Å². The largest absolute Gasteiger partial charge is 0.224 e. The van der Waals surface area contributed by atoms with Crippen LogP contribution in [0.3, 0.4) is 0 Å². The van der Waals surface area contributed by atoms with E-state index in [1.807, 2.05) is 19.1 Å². The standard InChI is InChI=1S/C13H17NO2S/c1-2-11-17(15,16)13-8-6-12(7-9-13)5-3-4-10-14/h6-9H,2-5,11H2,1H3. The molecule has 0 heterocycles. The minimum atomic E-state index is -3.10. The third-order valence-corrected chi connectivity index (χ3v) is 4.45. The molecular weight excluding hydrogens is 234 g/mol. The monoisotopic (exact) mass is 251 g/mol. The molecule has 0 atom stereocenters. The summed E-state index contributed by atoms with van der Waals surface area (Å²) in [4.78, 5) is 0.392. The number of benzene rings is 1. The summed E-state index contributed by atoms with van der Waals surface area (Å²) in [6.45, 7) is 1.85. The number of aryl methyl sites for hydroxylation is 1. The summed E-state index contributed by atoms with van der Waals surface area (Å²) in [6.07, 6.45) is 2.81. The van der Waals surface area contributed by atoms with Crippen molar-refractivity contribution in [1.82, 2.24) is 0 Å². The van der Waals surface area contributed by atoms with Gasteiger partial charge in [0.25, 0.3) is 0 Å². The van der Waals surface area contributed by atoms with Crippen molar-refractivity contribution >= 4 is 9.84 Å². The van der Waals surface area contributed by atoms with Gasteiger partial charge in [-0.1, -0.05) is 19.1 Å². The van der Waals surface area contributed by atoms with Crippen molar-refractivity contribution in [3.05, 3.63) is 29.8 Å². The molecule has 0 aliphatic heterocycles. The fourth-order valence-corrected chi connectivity index (χ4v) is 2.95. The molecule has 0 aromatic heterocycles. The first-order valence-electron chi connectivity index (χ1n) is 5.79. The number of rotatable bonds is 6. The van der Waals surface area contributed by atoms with Crippen LogP contribution in [0.5, 0.6) is 0 Å². The Morgan fingerprint density at radius 2 is 1.88 bits per heavy atom. The summed E-state index contributed by atoms with van der Waals surface area (Å²) in [5.74, 6) is 0.195. The molecular formula is C13H17NO2S. The molecule has 0 fully saturated rings. The van der Waals surface area contributed by atoms with Crippen molar-refractivity contribution in [2.24, 2.45) is 0 Å². The number of unbranched alkanes of at least 4 members (excludes halogenated alkanes) is 1. The average Bonchev–Trinajstić information content (AvgIpc) is 2.30. The molecule has 1 aromatic rings. The Kier molecular flexibility index (Phi) is 5.17. The summed E-state index contributed by atoms with van der Waals surface area (Å²) >= 11 is 0. The van der Waals surface area contributed by atoms with Crippen molar-refractivity contribution in [3.63, 3.8) is 0 Å². The smallest absolute Gasteiger partial charge is 0.178 e. The second-order valence-electron chi connectivity index (χ2n) is 3.97. The molecule has 0 saturated heterocycles. The van der Waals surface area contributed by atoms with Crippen molar-refractivity contribution in [1.29, 1.82) is 5.26 Å². The molecule has 0 aliphatic rings. The summed E-state index contributed by atoms with van der Waals surface area (Å²) < 4.78 is 23.5. The Morgan fingerprint density at radius 3 is 2.41 bits per heavy atom. The maximum absolute atomic E-state index is 11.8. The van der Waals surface area contributed by atoms with Crippen LogP contribution in [0.1, 0.15) is 31.7 Å². The zero-order valence-electron chi connectivity index (χ0n) is 10.0. The maximum atomic E-state index is 11.8. The Bertz CT molecular complexity index is 483. The predicted molar refractivity (Wildman–Crippen MR) is 67.3 cm³/mol. The molecule has 92 valence electrons. The van der Waals surface area contributed by atoms with E-state index >= 15 is 0 Å². The zero-order valence-corrected chi connectivity index (χ0v) is 10.8. The van der Waals surface area contributed by atoms with Crippen LogP contribution in [0.4, 0.5) is 0 Å². The third-order valence-electron chi connectivity index (χ3n) is 2.51. The van der Waals surface area contributed by atoms with Crippen molar-refractivity contribution in [2.75, 3.05) is 5.75 Å². The van der Waals surface area contributed by atoms with Gasteiger partial charge in [0.15, 0.2) is 9.84 Å². The van der Waals surface area contributed by atoms with E-state index in [2.05, 4.69) is 6.07 Å². The van der Waals surface area contributed by atoms with Crippen LogP contribution in [-0.2, 0) is 16.3 Å². The molecule has 4 heteroatoms. The molecule has 0 bridgehead atoms. The lowest BCUT2D eigenvalue weighted by molar-refractivity contribution is 0.594. The summed E-state index contributed by atoms with van der Waals surface area (Å²) in [5, 5.41) is 8.42. The van der Waals surface area contributed by atoms with Gasteiger partial charge < -0.3 is 0 Å². The van der Waals surface area contributed by atoms with Crippen LogP contribution in [-0.4, -0.2) is 14.2 Å². The lowest BCUT2D eigenvalue weighted by atomic mass is 10.1. The van der Waals surface area contributed by atoms with Crippen LogP contribution >= 0.6 is 0 Å². The molecule has 0 aliphatic carbocycles. The zero-order chi connectivity index (χ0) is 12.7. The van der Waals surface area contributed by atoms with E-state index in [1.54, 1.807) is 12.1 Å². The van der Waals surface area contributed by atoms with Gasteiger partial charge in [0.1, 0.15) is 0 Å². The molecule has 1 rings (SSSR count). The van der Waals surface area contributed by atoms with Crippen LogP contribution in [0.2, 0.25) is 0 Å². The first-order chi connectivity index (χ1) is 8.10. The quantitative estimate of drug-likeness (QED) is 0.730. The van der Waals surface area contributed by atoms with Gasteiger partial charge in [0, 0.05) is 6.42 Å². The SMILES string of the molecule is CCCS(=O)(=O)c1ccc(CCCC#N)cc1. The van der Waals surface area contributed by atoms with Crippen molar-refractivity contribution in [2.45, 2.75) is 37.5 Å². The van der Waals surface area contributed by atoms with Gasteiger partial charge in [-0.2, -0.15) is 5.26 Å². The normalized spacial score (nSPS) is 11.1. The summed E-state index contributed by atoms with van der Waals surface area (Å²) in [7, 11) is -3.10. The highest BCUT2D eigenvalue weighted by molar-refractivity contribution is 7.91. The Hall–Kier alpha value is -1.34. The molecule has 0 saturated carbocycles. The second-order valence-corrected chi connectivity index (χ2v) is 6.08. The van der Waals surface area contributed by atoms with E-state index in [1.165, 1.54) is 0 Å². The fraction of sp³-hybridized carbons (Fsp3) is 0.462. The Balaban J connectivity index is 2.72. The van der Waals surface area contributed by atoms with Crippen molar-refractivity contribution < 1.29 is 8.42 Å². The maximum Gasteiger partial charge on any atom is 0.178 e. The van der Waals surface area contributed by atoms with Gasteiger partial charge in [-0.3, -0.25) is 0 Å². The van der Waals surface area contributed by atoms with Gasteiger partial charge in [-0.25, -0.2) is 8.42 Å². The predicted octanol–water partition coefficient (Wildman–Crippen LogP) is 2.72. The molecule has 0 spiro atoms. The number of sulfone groups is 1. The first kappa shape index (κ1) is 13.7. The van der Waals surface area contributed by atoms with Crippen LogP contribution < -0.4 is 0 Å². The van der Waals surface area contributed by atoms with Crippen molar-refractivity contribution in [3.8, 4) is 6.07 Å². The molecule has 1 aromatic carbocycles. The minimum absolute atomic E-state index is 0.195. The van der Waals surface area contributed by atoms with E-state index < -0.39 is 9.84 Å². The van der Waals surface area contributed by atoms with Crippen LogP contribution in [0.15, 0.2) is 29.2 Å². The van der Waals surface area contributed by atoms with Gasteiger partial charge >= 0.3 is 0 Å². The lowest BCUT2D eigenvalue weighted by Crippen LogP contribution is -2.05. The van der Waals surface area contributed by atoms with Crippen LogP contribution in [0.25, 0.3) is 0 Å². The molecule has 0 radical (unpaired) electrons. The van der Waals surface area contributed by atoms with Gasteiger partial charge in [-0.15, -0.1) is 0 Å². The highest BCUT2D eigenvalue weighted by atomic mass is 32.2. The first-order valence-corrected chi connectivity index (χ1v) is 7.44. The Labute approximate surface area is 103 Å².